The van der Waals surface area contributed by atoms with Gasteiger partial charge in [0, 0.05) is 12.6 Å². The molecule has 0 bridgehead atoms. The van der Waals surface area contributed by atoms with Crippen molar-refractivity contribution in [2.75, 3.05) is 20.6 Å². The summed E-state index contributed by atoms with van der Waals surface area (Å²) in [6.07, 6.45) is 0. The molecule has 3 heteroatoms. The SMILES string of the molecule is Cc1ccccc1C(CN)N(C)C.Cl. The van der Waals surface area contributed by atoms with Crippen molar-refractivity contribution in [3.05, 3.63) is 35.4 Å². The van der Waals surface area contributed by atoms with Gasteiger partial charge < -0.3 is 10.6 Å². The standard InChI is InChI=1S/C11H18N2.ClH/c1-9-6-4-5-7-10(9)11(8-12)13(2)3;/h4-7,11H,8,12H2,1-3H3;1H. The normalized spacial score (nSPS) is 12.4. The van der Waals surface area contributed by atoms with Crippen molar-refractivity contribution >= 4 is 12.4 Å². The van der Waals surface area contributed by atoms with E-state index in [1.54, 1.807) is 0 Å². The zero-order valence-electron chi connectivity index (χ0n) is 9.03. The van der Waals surface area contributed by atoms with E-state index in [0.29, 0.717) is 12.6 Å². The Labute approximate surface area is 92.5 Å². The Morgan fingerprint density at radius 3 is 2.29 bits per heavy atom. The number of halogens is 1. The number of nitrogens with two attached hydrogens (primary N) is 1. The highest BCUT2D eigenvalue weighted by molar-refractivity contribution is 5.85. The molecule has 0 aromatic heterocycles. The van der Waals surface area contributed by atoms with Crippen LogP contribution >= 0.6 is 12.4 Å². The Morgan fingerprint density at radius 1 is 1.29 bits per heavy atom. The van der Waals surface area contributed by atoms with Gasteiger partial charge in [0.1, 0.15) is 0 Å². The van der Waals surface area contributed by atoms with Gasteiger partial charge in [0.2, 0.25) is 0 Å². The lowest BCUT2D eigenvalue weighted by Crippen LogP contribution is -2.27. The number of hydrogen-bond acceptors (Lipinski definition) is 2. The van der Waals surface area contributed by atoms with Gasteiger partial charge in [-0.05, 0) is 32.1 Å². The van der Waals surface area contributed by atoms with Crippen LogP contribution in [0.25, 0.3) is 0 Å². The van der Waals surface area contributed by atoms with E-state index in [2.05, 4.69) is 50.2 Å². The second-order valence-electron chi connectivity index (χ2n) is 3.57. The Bertz CT molecular complexity index is 274. The highest BCUT2D eigenvalue weighted by Gasteiger charge is 2.12. The average molecular weight is 215 g/mol. The van der Waals surface area contributed by atoms with Gasteiger partial charge in [-0.3, -0.25) is 0 Å². The van der Waals surface area contributed by atoms with Crippen LogP contribution in [0.2, 0.25) is 0 Å². The van der Waals surface area contributed by atoms with Crippen molar-refractivity contribution in [1.29, 1.82) is 0 Å². The number of aryl methyl sites for hydroxylation is 1. The van der Waals surface area contributed by atoms with Crippen LogP contribution in [-0.2, 0) is 0 Å². The fraction of sp³-hybridized carbons (Fsp3) is 0.455. The smallest absolute Gasteiger partial charge is 0.0467 e. The molecule has 0 amide bonds. The van der Waals surface area contributed by atoms with Gasteiger partial charge in [-0.2, -0.15) is 0 Å². The molecule has 2 N–H and O–H groups in total. The minimum atomic E-state index is 0. The maximum Gasteiger partial charge on any atom is 0.0467 e. The quantitative estimate of drug-likeness (QED) is 0.834. The summed E-state index contributed by atoms with van der Waals surface area (Å²) in [6.45, 7) is 2.79. The molecular weight excluding hydrogens is 196 g/mol. The second-order valence-corrected chi connectivity index (χ2v) is 3.57. The molecule has 0 saturated heterocycles. The van der Waals surface area contributed by atoms with E-state index in [-0.39, 0.29) is 12.4 Å². The van der Waals surface area contributed by atoms with E-state index in [0.717, 1.165) is 0 Å². The lowest BCUT2D eigenvalue weighted by molar-refractivity contribution is 0.305. The molecule has 0 radical (unpaired) electrons. The van der Waals surface area contributed by atoms with Crippen molar-refractivity contribution in [2.24, 2.45) is 5.73 Å². The maximum absolute atomic E-state index is 5.73. The van der Waals surface area contributed by atoms with Crippen LogP contribution in [-0.4, -0.2) is 25.5 Å². The molecule has 2 nitrogen and oxygen atoms in total. The van der Waals surface area contributed by atoms with E-state index in [1.165, 1.54) is 11.1 Å². The first kappa shape index (κ1) is 13.4. The van der Waals surface area contributed by atoms with Crippen LogP contribution in [0.1, 0.15) is 17.2 Å². The first-order valence-electron chi connectivity index (χ1n) is 4.59. The molecular formula is C11H19ClN2. The van der Waals surface area contributed by atoms with Crippen LogP contribution in [0.3, 0.4) is 0 Å². The van der Waals surface area contributed by atoms with Crippen molar-refractivity contribution < 1.29 is 0 Å². The van der Waals surface area contributed by atoms with Gasteiger partial charge in [0.15, 0.2) is 0 Å². The molecule has 80 valence electrons. The molecule has 0 heterocycles. The predicted molar refractivity (Wildman–Crippen MR) is 63.9 cm³/mol. The molecule has 1 rings (SSSR count). The number of rotatable bonds is 3. The molecule has 0 saturated carbocycles. The van der Waals surface area contributed by atoms with E-state index < -0.39 is 0 Å². The fourth-order valence-electron chi connectivity index (χ4n) is 1.58. The van der Waals surface area contributed by atoms with Gasteiger partial charge in [-0.1, -0.05) is 24.3 Å². The molecule has 1 aromatic rings. The summed E-state index contributed by atoms with van der Waals surface area (Å²) in [5, 5.41) is 0. The topological polar surface area (TPSA) is 29.3 Å². The lowest BCUT2D eigenvalue weighted by atomic mass is 10.0. The van der Waals surface area contributed by atoms with E-state index in [9.17, 15) is 0 Å². The van der Waals surface area contributed by atoms with Crippen molar-refractivity contribution in [3.8, 4) is 0 Å². The number of benzene rings is 1. The summed E-state index contributed by atoms with van der Waals surface area (Å²) in [7, 11) is 4.12. The Morgan fingerprint density at radius 2 is 1.86 bits per heavy atom. The van der Waals surface area contributed by atoms with Crippen LogP contribution in [0.4, 0.5) is 0 Å². The third-order valence-electron chi connectivity index (χ3n) is 2.39. The predicted octanol–water partition coefficient (Wildman–Crippen LogP) is 1.98. The maximum atomic E-state index is 5.73. The molecule has 1 atom stereocenters. The van der Waals surface area contributed by atoms with Gasteiger partial charge in [0.25, 0.3) is 0 Å². The van der Waals surface area contributed by atoms with Crippen LogP contribution in [0.15, 0.2) is 24.3 Å². The van der Waals surface area contributed by atoms with Gasteiger partial charge in [-0.25, -0.2) is 0 Å². The molecule has 14 heavy (non-hydrogen) atoms. The summed E-state index contributed by atoms with van der Waals surface area (Å²) in [6, 6.07) is 8.73. The molecule has 1 aromatic carbocycles. The third-order valence-corrected chi connectivity index (χ3v) is 2.39. The zero-order chi connectivity index (χ0) is 9.84. The molecule has 1 unspecified atom stereocenters. The number of nitrogens with zero attached hydrogens (tertiary/aromatic N) is 1. The third kappa shape index (κ3) is 2.98. The van der Waals surface area contributed by atoms with Gasteiger partial charge in [-0.15, -0.1) is 12.4 Å². The summed E-state index contributed by atoms with van der Waals surface area (Å²) >= 11 is 0. The number of hydrogen-bond donors (Lipinski definition) is 1. The minimum Gasteiger partial charge on any atom is -0.329 e. The summed E-state index contributed by atoms with van der Waals surface area (Å²) in [5.41, 5.74) is 8.37. The Balaban J connectivity index is 0.00000169. The summed E-state index contributed by atoms with van der Waals surface area (Å²) in [4.78, 5) is 2.16. The van der Waals surface area contributed by atoms with Crippen molar-refractivity contribution in [1.82, 2.24) is 4.90 Å². The Hall–Kier alpha value is -0.570. The lowest BCUT2D eigenvalue weighted by Gasteiger charge is -2.24. The summed E-state index contributed by atoms with van der Waals surface area (Å²) < 4.78 is 0. The Kier molecular flexibility index (Phi) is 5.77. The van der Waals surface area contributed by atoms with Crippen molar-refractivity contribution in [2.45, 2.75) is 13.0 Å². The second kappa shape index (κ2) is 6.02. The average Bonchev–Trinajstić information content (AvgIpc) is 2.09. The monoisotopic (exact) mass is 214 g/mol. The molecule has 0 spiro atoms. The van der Waals surface area contributed by atoms with Crippen LogP contribution in [0.5, 0.6) is 0 Å². The van der Waals surface area contributed by atoms with E-state index in [1.807, 2.05) is 0 Å². The van der Waals surface area contributed by atoms with Gasteiger partial charge in [0.05, 0.1) is 0 Å². The first-order chi connectivity index (χ1) is 6.16. The molecule has 0 aliphatic carbocycles. The fourth-order valence-corrected chi connectivity index (χ4v) is 1.58. The largest absolute Gasteiger partial charge is 0.329 e. The van der Waals surface area contributed by atoms with E-state index >= 15 is 0 Å². The van der Waals surface area contributed by atoms with Crippen LogP contribution in [0, 0.1) is 6.92 Å². The molecule has 0 fully saturated rings. The van der Waals surface area contributed by atoms with E-state index in [4.69, 9.17) is 5.73 Å². The summed E-state index contributed by atoms with van der Waals surface area (Å²) in [5.74, 6) is 0. The molecule has 0 aliphatic heterocycles. The first-order valence-corrected chi connectivity index (χ1v) is 4.59. The number of likely N-dealkylation sites (N-methyl/N-ethyl adjacent to an activating group) is 1. The zero-order valence-corrected chi connectivity index (χ0v) is 9.84. The minimum absolute atomic E-state index is 0. The highest BCUT2D eigenvalue weighted by atomic mass is 35.5. The van der Waals surface area contributed by atoms with Gasteiger partial charge >= 0.3 is 0 Å². The van der Waals surface area contributed by atoms with Crippen molar-refractivity contribution in [3.63, 3.8) is 0 Å². The highest BCUT2D eigenvalue weighted by Crippen LogP contribution is 2.19. The van der Waals surface area contributed by atoms with Crippen LogP contribution < -0.4 is 5.73 Å². The molecule has 0 aliphatic rings.